The van der Waals surface area contributed by atoms with Crippen LogP contribution in [0.1, 0.15) is 38.5 Å². The third-order valence-electron chi connectivity index (χ3n) is 3.07. The minimum absolute atomic E-state index is 0.240. The number of hydrogen-bond donors (Lipinski definition) is 1. The van der Waals surface area contributed by atoms with Crippen LogP contribution in [0.3, 0.4) is 0 Å². The molecule has 0 saturated heterocycles. The average molecular weight is 211 g/mol. The molecule has 0 amide bonds. The van der Waals surface area contributed by atoms with E-state index in [1.54, 1.807) is 0 Å². The number of nitrogens with zero attached hydrogens (tertiary/aromatic N) is 1. The van der Waals surface area contributed by atoms with Crippen molar-refractivity contribution in [1.29, 1.82) is 0 Å². The molecule has 15 heavy (non-hydrogen) atoms. The van der Waals surface area contributed by atoms with Gasteiger partial charge in [-0.15, -0.1) is 6.58 Å². The molecule has 1 saturated carbocycles. The third-order valence-corrected chi connectivity index (χ3v) is 3.07. The Morgan fingerprint density at radius 3 is 2.60 bits per heavy atom. The van der Waals surface area contributed by atoms with Crippen LogP contribution >= 0.6 is 0 Å². The average Bonchev–Trinajstić information content (AvgIpc) is 2.25. The lowest BCUT2D eigenvalue weighted by atomic mass is 9.94. The van der Waals surface area contributed by atoms with Crippen molar-refractivity contribution in [1.82, 2.24) is 4.90 Å². The molecule has 0 aromatic rings. The monoisotopic (exact) mass is 211 g/mol. The summed E-state index contributed by atoms with van der Waals surface area (Å²) < 4.78 is 0. The fourth-order valence-corrected chi connectivity index (χ4v) is 2.27. The summed E-state index contributed by atoms with van der Waals surface area (Å²) in [5.74, 6) is -0.708. The number of hydrogen-bond acceptors (Lipinski definition) is 2. The molecule has 1 aliphatic rings. The molecular weight excluding hydrogens is 190 g/mol. The summed E-state index contributed by atoms with van der Waals surface area (Å²) in [5.41, 5.74) is 0. The Bertz CT molecular complexity index is 210. The lowest BCUT2D eigenvalue weighted by Crippen LogP contribution is -2.38. The molecule has 1 fully saturated rings. The van der Waals surface area contributed by atoms with Crippen LogP contribution in [0.5, 0.6) is 0 Å². The fraction of sp³-hybridized carbons (Fsp3) is 0.750. The lowest BCUT2D eigenvalue weighted by molar-refractivity contribution is -0.137. The van der Waals surface area contributed by atoms with Crippen molar-refractivity contribution >= 4 is 5.97 Å². The second kappa shape index (κ2) is 6.62. The highest BCUT2D eigenvalue weighted by Crippen LogP contribution is 2.22. The van der Waals surface area contributed by atoms with Gasteiger partial charge >= 0.3 is 5.97 Å². The Balaban J connectivity index is 2.39. The topological polar surface area (TPSA) is 40.5 Å². The summed E-state index contributed by atoms with van der Waals surface area (Å²) >= 11 is 0. The normalized spacial score (nSPS) is 17.9. The predicted octanol–water partition coefficient (Wildman–Crippen LogP) is 2.28. The highest BCUT2D eigenvalue weighted by atomic mass is 16.4. The van der Waals surface area contributed by atoms with Crippen molar-refractivity contribution in [2.75, 3.05) is 13.1 Å². The molecule has 0 aromatic heterocycles. The summed E-state index contributed by atoms with van der Waals surface area (Å²) in [6, 6.07) is 0.580. The van der Waals surface area contributed by atoms with Crippen LogP contribution in [0.25, 0.3) is 0 Å². The Morgan fingerprint density at radius 1 is 1.40 bits per heavy atom. The second-order valence-electron chi connectivity index (χ2n) is 4.22. The second-order valence-corrected chi connectivity index (χ2v) is 4.22. The zero-order valence-electron chi connectivity index (χ0n) is 9.32. The van der Waals surface area contributed by atoms with Crippen LogP contribution < -0.4 is 0 Å². The molecule has 3 nitrogen and oxygen atoms in total. The van der Waals surface area contributed by atoms with E-state index in [0.29, 0.717) is 12.6 Å². The molecule has 0 aliphatic heterocycles. The molecule has 0 bridgehead atoms. The first kappa shape index (κ1) is 12.2. The first-order chi connectivity index (χ1) is 7.24. The van der Waals surface area contributed by atoms with E-state index in [1.165, 1.54) is 32.1 Å². The summed E-state index contributed by atoms with van der Waals surface area (Å²) in [6.07, 6.45) is 8.44. The van der Waals surface area contributed by atoms with Gasteiger partial charge in [0.15, 0.2) is 0 Å². The SMILES string of the molecule is C=CCN(CCC(=O)O)C1CCCCC1. The molecule has 1 aliphatic carbocycles. The number of aliphatic carboxylic acids is 1. The Hall–Kier alpha value is -0.830. The number of carbonyl (C=O) groups is 1. The van der Waals surface area contributed by atoms with Gasteiger partial charge < -0.3 is 5.11 Å². The molecular formula is C12H21NO2. The van der Waals surface area contributed by atoms with Crippen molar-refractivity contribution in [3.8, 4) is 0 Å². The Labute approximate surface area is 91.8 Å². The molecule has 0 unspecified atom stereocenters. The first-order valence-electron chi connectivity index (χ1n) is 5.80. The quantitative estimate of drug-likeness (QED) is 0.685. The van der Waals surface area contributed by atoms with Gasteiger partial charge in [0.2, 0.25) is 0 Å². The van der Waals surface area contributed by atoms with Crippen molar-refractivity contribution in [2.24, 2.45) is 0 Å². The largest absolute Gasteiger partial charge is 0.481 e. The van der Waals surface area contributed by atoms with Gasteiger partial charge in [-0.3, -0.25) is 9.69 Å². The van der Waals surface area contributed by atoms with E-state index in [2.05, 4.69) is 11.5 Å². The molecule has 3 heteroatoms. The predicted molar refractivity (Wildman–Crippen MR) is 60.9 cm³/mol. The van der Waals surface area contributed by atoms with Gasteiger partial charge in [-0.25, -0.2) is 0 Å². The van der Waals surface area contributed by atoms with Crippen LogP contribution in [0.2, 0.25) is 0 Å². The van der Waals surface area contributed by atoms with Crippen LogP contribution in [0, 0.1) is 0 Å². The lowest BCUT2D eigenvalue weighted by Gasteiger charge is -2.33. The number of carboxylic acid groups (broad SMARTS) is 1. The minimum Gasteiger partial charge on any atom is -0.481 e. The third kappa shape index (κ3) is 4.47. The maximum absolute atomic E-state index is 10.5. The molecule has 86 valence electrons. The molecule has 1 rings (SSSR count). The first-order valence-corrected chi connectivity index (χ1v) is 5.80. The van der Waals surface area contributed by atoms with E-state index in [9.17, 15) is 4.79 Å². The zero-order valence-corrected chi connectivity index (χ0v) is 9.32. The molecule has 0 aromatic carbocycles. The number of rotatable bonds is 6. The summed E-state index contributed by atoms with van der Waals surface area (Å²) in [4.78, 5) is 12.8. The van der Waals surface area contributed by atoms with Gasteiger partial charge in [-0.1, -0.05) is 25.3 Å². The van der Waals surface area contributed by atoms with Gasteiger partial charge in [-0.2, -0.15) is 0 Å². The highest BCUT2D eigenvalue weighted by molar-refractivity contribution is 5.66. The Morgan fingerprint density at radius 2 is 2.07 bits per heavy atom. The molecule has 0 spiro atoms. The number of carboxylic acids is 1. The maximum atomic E-state index is 10.5. The van der Waals surface area contributed by atoms with Crippen molar-refractivity contribution in [3.63, 3.8) is 0 Å². The van der Waals surface area contributed by atoms with E-state index in [4.69, 9.17) is 5.11 Å². The van der Waals surface area contributed by atoms with Gasteiger partial charge in [0.05, 0.1) is 6.42 Å². The summed E-state index contributed by atoms with van der Waals surface area (Å²) in [5, 5.41) is 8.68. The van der Waals surface area contributed by atoms with Crippen molar-refractivity contribution in [3.05, 3.63) is 12.7 Å². The van der Waals surface area contributed by atoms with Gasteiger partial charge in [0, 0.05) is 19.1 Å². The van der Waals surface area contributed by atoms with E-state index < -0.39 is 5.97 Å². The van der Waals surface area contributed by atoms with Crippen LogP contribution in [0.15, 0.2) is 12.7 Å². The van der Waals surface area contributed by atoms with Gasteiger partial charge in [-0.05, 0) is 12.8 Å². The van der Waals surface area contributed by atoms with Crippen molar-refractivity contribution in [2.45, 2.75) is 44.6 Å². The highest BCUT2D eigenvalue weighted by Gasteiger charge is 2.20. The van der Waals surface area contributed by atoms with Crippen LogP contribution in [-0.4, -0.2) is 35.1 Å². The zero-order chi connectivity index (χ0) is 11.1. The Kier molecular flexibility index (Phi) is 5.40. The van der Waals surface area contributed by atoms with E-state index in [0.717, 1.165) is 6.54 Å². The molecule has 0 heterocycles. The van der Waals surface area contributed by atoms with E-state index in [-0.39, 0.29) is 6.42 Å². The summed E-state index contributed by atoms with van der Waals surface area (Å²) in [6.45, 7) is 5.21. The minimum atomic E-state index is -0.708. The maximum Gasteiger partial charge on any atom is 0.304 e. The smallest absolute Gasteiger partial charge is 0.304 e. The molecule has 1 N–H and O–H groups in total. The van der Waals surface area contributed by atoms with Crippen LogP contribution in [0.4, 0.5) is 0 Å². The summed E-state index contributed by atoms with van der Waals surface area (Å²) in [7, 11) is 0. The van der Waals surface area contributed by atoms with E-state index in [1.807, 2.05) is 6.08 Å². The van der Waals surface area contributed by atoms with Crippen molar-refractivity contribution < 1.29 is 9.90 Å². The van der Waals surface area contributed by atoms with Gasteiger partial charge in [0.25, 0.3) is 0 Å². The fourth-order valence-electron chi connectivity index (χ4n) is 2.27. The molecule has 0 radical (unpaired) electrons. The van der Waals surface area contributed by atoms with Crippen LogP contribution in [-0.2, 0) is 4.79 Å². The molecule has 0 atom stereocenters. The van der Waals surface area contributed by atoms with E-state index >= 15 is 0 Å². The standard InChI is InChI=1S/C12H21NO2/c1-2-9-13(10-8-12(14)15)11-6-4-3-5-7-11/h2,11H,1,3-10H2,(H,14,15). The van der Waals surface area contributed by atoms with Gasteiger partial charge in [0.1, 0.15) is 0 Å².